The number of nitrogens with one attached hydrogen (secondary N) is 1. The van der Waals surface area contributed by atoms with Crippen molar-refractivity contribution in [3.8, 4) is 0 Å². The summed E-state index contributed by atoms with van der Waals surface area (Å²) in [7, 11) is 1.18. The van der Waals surface area contributed by atoms with Crippen LogP contribution in [-0.4, -0.2) is 13.5 Å². The van der Waals surface area contributed by atoms with Gasteiger partial charge < -0.3 is 5.32 Å². The zero-order chi connectivity index (χ0) is 11.6. The smallest absolute Gasteiger partial charge is 0.257 e. The Labute approximate surface area is 82.9 Å². The zero-order valence-corrected chi connectivity index (χ0v) is 7.70. The molecule has 1 atom stereocenters. The maximum Gasteiger partial charge on any atom is 0.257 e. The van der Waals surface area contributed by atoms with Crippen LogP contribution in [0.4, 0.5) is 22.0 Å². The van der Waals surface area contributed by atoms with Crippen molar-refractivity contribution in [2.24, 2.45) is 0 Å². The Bertz CT molecular complexity index is 353. The molecule has 0 aliphatic rings. The van der Waals surface area contributed by atoms with E-state index in [2.05, 4.69) is 5.32 Å². The molecule has 1 N–H and O–H groups in total. The summed E-state index contributed by atoms with van der Waals surface area (Å²) in [6, 6.07) is -0.977. The van der Waals surface area contributed by atoms with Crippen LogP contribution < -0.4 is 5.32 Å². The minimum atomic E-state index is -2.91. The third kappa shape index (κ3) is 2.44. The van der Waals surface area contributed by atoms with E-state index in [0.717, 1.165) is 0 Å². The van der Waals surface area contributed by atoms with Gasteiger partial charge >= 0.3 is 0 Å². The quantitative estimate of drug-likeness (QED) is 0.616. The van der Waals surface area contributed by atoms with Gasteiger partial charge in [0.05, 0.1) is 6.04 Å². The summed E-state index contributed by atoms with van der Waals surface area (Å²) < 4.78 is 63.0. The fraction of sp³-hybridized carbons (Fsp3) is 0.333. The molecule has 15 heavy (non-hydrogen) atoms. The zero-order valence-electron chi connectivity index (χ0n) is 7.70. The predicted octanol–water partition coefficient (Wildman–Crippen LogP) is 2.63. The Kier molecular flexibility index (Phi) is 3.62. The first-order valence-corrected chi connectivity index (χ1v) is 4.07. The molecule has 0 aromatic heterocycles. The van der Waals surface area contributed by atoms with Crippen molar-refractivity contribution in [2.75, 3.05) is 7.05 Å². The summed E-state index contributed by atoms with van der Waals surface area (Å²) in [5.74, 6) is -3.96. The van der Waals surface area contributed by atoms with Gasteiger partial charge in [0.25, 0.3) is 6.43 Å². The van der Waals surface area contributed by atoms with Crippen molar-refractivity contribution in [3.05, 3.63) is 35.1 Å². The molecule has 1 nitrogen and oxygen atoms in total. The highest BCUT2D eigenvalue weighted by Gasteiger charge is 2.25. The van der Waals surface area contributed by atoms with Crippen molar-refractivity contribution in [2.45, 2.75) is 12.5 Å². The monoisotopic (exact) mass is 225 g/mol. The minimum absolute atomic E-state index is 0.247. The molecule has 0 saturated carbocycles. The van der Waals surface area contributed by atoms with E-state index >= 15 is 0 Å². The van der Waals surface area contributed by atoms with Crippen LogP contribution in [0.15, 0.2) is 12.1 Å². The van der Waals surface area contributed by atoms with Gasteiger partial charge in [-0.2, -0.15) is 0 Å². The third-order valence-corrected chi connectivity index (χ3v) is 1.94. The van der Waals surface area contributed by atoms with Gasteiger partial charge in [-0.05, 0) is 13.1 Å². The van der Waals surface area contributed by atoms with E-state index in [4.69, 9.17) is 0 Å². The van der Waals surface area contributed by atoms with Crippen LogP contribution in [0.5, 0.6) is 0 Å². The molecule has 0 fully saturated rings. The second-order valence-electron chi connectivity index (χ2n) is 2.89. The number of rotatable bonds is 3. The summed E-state index contributed by atoms with van der Waals surface area (Å²) in [5, 5.41) is 2.13. The third-order valence-electron chi connectivity index (χ3n) is 1.94. The molecule has 6 heteroatoms. The number of alkyl halides is 2. The van der Waals surface area contributed by atoms with Gasteiger partial charge in [-0.25, -0.2) is 22.0 Å². The molecule has 84 valence electrons. The van der Waals surface area contributed by atoms with E-state index in [9.17, 15) is 22.0 Å². The number of halogens is 5. The average molecular weight is 225 g/mol. The van der Waals surface area contributed by atoms with Crippen LogP contribution in [0.25, 0.3) is 0 Å². The normalized spacial score (nSPS) is 13.3. The Balaban J connectivity index is 3.18. The van der Waals surface area contributed by atoms with Crippen molar-refractivity contribution in [1.82, 2.24) is 5.32 Å². The summed E-state index contributed by atoms with van der Waals surface area (Å²) in [4.78, 5) is 0. The summed E-state index contributed by atoms with van der Waals surface area (Å²) in [5.41, 5.74) is -0.591. The molecule has 1 unspecified atom stereocenters. The highest BCUT2D eigenvalue weighted by Crippen LogP contribution is 2.24. The topological polar surface area (TPSA) is 12.0 Å². The minimum Gasteiger partial charge on any atom is -0.308 e. The summed E-state index contributed by atoms with van der Waals surface area (Å²) in [6.07, 6.45) is -2.91. The second kappa shape index (κ2) is 4.57. The molecule has 0 radical (unpaired) electrons. The molecule has 1 aromatic carbocycles. The lowest BCUT2D eigenvalue weighted by Gasteiger charge is -2.16. The fourth-order valence-electron chi connectivity index (χ4n) is 1.19. The number of hydrogen-bond acceptors (Lipinski definition) is 1. The van der Waals surface area contributed by atoms with Gasteiger partial charge in [0, 0.05) is 11.6 Å². The van der Waals surface area contributed by atoms with Crippen LogP contribution in [0.2, 0.25) is 0 Å². The van der Waals surface area contributed by atoms with E-state index in [1.165, 1.54) is 7.05 Å². The van der Waals surface area contributed by atoms with E-state index < -0.39 is 35.5 Å². The number of hydrogen-bond donors (Lipinski definition) is 1. The lowest BCUT2D eigenvalue weighted by Crippen LogP contribution is -2.25. The molecular formula is C9H8F5N. The summed E-state index contributed by atoms with van der Waals surface area (Å²) in [6.45, 7) is 0. The van der Waals surface area contributed by atoms with Gasteiger partial charge in [0.1, 0.15) is 5.82 Å². The first kappa shape index (κ1) is 11.9. The lowest BCUT2D eigenvalue weighted by atomic mass is 10.1. The van der Waals surface area contributed by atoms with Gasteiger partial charge in [0.15, 0.2) is 11.6 Å². The highest BCUT2D eigenvalue weighted by atomic mass is 19.3. The molecule has 1 aromatic rings. The Morgan fingerprint density at radius 3 is 2.00 bits per heavy atom. The van der Waals surface area contributed by atoms with Gasteiger partial charge in [-0.1, -0.05) is 0 Å². The van der Waals surface area contributed by atoms with E-state index in [1.807, 2.05) is 0 Å². The van der Waals surface area contributed by atoms with Crippen LogP contribution in [0.3, 0.4) is 0 Å². The predicted molar refractivity (Wildman–Crippen MR) is 44.1 cm³/mol. The van der Waals surface area contributed by atoms with Gasteiger partial charge in [-0.3, -0.25) is 0 Å². The SMILES string of the molecule is CNC(c1cc(F)c(F)cc1F)C(F)F. The molecule has 0 spiro atoms. The van der Waals surface area contributed by atoms with Crippen LogP contribution in [0, 0.1) is 17.5 Å². The van der Waals surface area contributed by atoms with E-state index in [-0.39, 0.29) is 6.07 Å². The second-order valence-corrected chi connectivity index (χ2v) is 2.89. The first-order valence-electron chi connectivity index (χ1n) is 4.07. The van der Waals surface area contributed by atoms with Crippen LogP contribution in [0.1, 0.15) is 11.6 Å². The molecule has 0 heterocycles. The first-order chi connectivity index (χ1) is 6.97. The Morgan fingerprint density at radius 2 is 1.53 bits per heavy atom. The number of benzene rings is 1. The van der Waals surface area contributed by atoms with E-state index in [1.54, 1.807) is 0 Å². The van der Waals surface area contributed by atoms with Crippen LogP contribution in [-0.2, 0) is 0 Å². The molecule has 0 bridgehead atoms. The van der Waals surface area contributed by atoms with E-state index in [0.29, 0.717) is 6.07 Å². The highest BCUT2D eigenvalue weighted by molar-refractivity contribution is 5.23. The van der Waals surface area contributed by atoms with Gasteiger partial charge in [-0.15, -0.1) is 0 Å². The summed E-state index contributed by atoms with van der Waals surface area (Å²) >= 11 is 0. The van der Waals surface area contributed by atoms with Gasteiger partial charge in [0.2, 0.25) is 0 Å². The van der Waals surface area contributed by atoms with Crippen molar-refractivity contribution >= 4 is 0 Å². The Morgan fingerprint density at radius 1 is 1.00 bits per heavy atom. The molecule has 0 saturated heterocycles. The van der Waals surface area contributed by atoms with Crippen molar-refractivity contribution in [1.29, 1.82) is 0 Å². The maximum absolute atomic E-state index is 13.0. The van der Waals surface area contributed by atoms with Crippen molar-refractivity contribution in [3.63, 3.8) is 0 Å². The van der Waals surface area contributed by atoms with Crippen LogP contribution >= 0.6 is 0 Å². The van der Waals surface area contributed by atoms with Crippen molar-refractivity contribution < 1.29 is 22.0 Å². The lowest BCUT2D eigenvalue weighted by molar-refractivity contribution is 0.100. The largest absolute Gasteiger partial charge is 0.308 e. The average Bonchev–Trinajstić information content (AvgIpc) is 2.14. The Hall–Kier alpha value is -1.17. The molecule has 0 amide bonds. The fourth-order valence-corrected chi connectivity index (χ4v) is 1.19. The molecular weight excluding hydrogens is 217 g/mol. The molecule has 0 aliphatic carbocycles. The molecule has 0 aliphatic heterocycles. The molecule has 1 rings (SSSR count). The maximum atomic E-state index is 13.0. The standard InChI is InChI=1S/C9H8F5N/c1-15-8(9(13)14)4-2-6(11)7(12)3-5(4)10/h2-3,8-9,15H,1H3.